The molecule has 0 bridgehead atoms. The highest BCUT2D eigenvalue weighted by Gasteiger charge is 2.37. The van der Waals surface area contributed by atoms with Gasteiger partial charge < -0.3 is 9.63 Å². The Morgan fingerprint density at radius 2 is 1.87 bits per heavy atom. The summed E-state index contributed by atoms with van der Waals surface area (Å²) in [4.78, 5) is 0.597. The van der Waals surface area contributed by atoms with Crippen LogP contribution >= 0.6 is 0 Å². The fourth-order valence-electron chi connectivity index (χ4n) is 0.856. The molecule has 0 aromatic heterocycles. The molecule has 0 spiro atoms. The van der Waals surface area contributed by atoms with E-state index >= 15 is 0 Å². The van der Waals surface area contributed by atoms with Gasteiger partial charge in [0.2, 0.25) is 0 Å². The normalized spacial score (nSPS) is 16.6. The number of hydrogen-bond acceptors (Lipinski definition) is 3. The molecule has 0 aliphatic heterocycles. The first kappa shape index (κ1) is 14.6. The summed E-state index contributed by atoms with van der Waals surface area (Å²) in [5, 5.41) is 14.7. The molecule has 0 N–H and O–H groups in total. The van der Waals surface area contributed by atoms with Crippen LogP contribution in [0.3, 0.4) is 0 Å². The van der Waals surface area contributed by atoms with Gasteiger partial charge in [0.25, 0.3) is 0 Å². The summed E-state index contributed by atoms with van der Waals surface area (Å²) in [6.45, 7) is 13.4. The van der Waals surface area contributed by atoms with Crippen molar-refractivity contribution in [2.24, 2.45) is 5.11 Å². The van der Waals surface area contributed by atoms with Gasteiger partial charge in [0.05, 0.1) is 6.61 Å². The van der Waals surface area contributed by atoms with Gasteiger partial charge >= 0.3 is 0 Å². The van der Waals surface area contributed by atoms with Crippen LogP contribution in [0.5, 0.6) is 0 Å². The van der Waals surface area contributed by atoms with E-state index in [0.717, 1.165) is 0 Å². The molecule has 0 amide bonds. The van der Waals surface area contributed by atoms with Crippen molar-refractivity contribution < 1.29 is 9.29 Å². The number of rotatable bonds is 4. The monoisotopic (exact) mass is 232 g/mol. The Balaban J connectivity index is 4.22. The molecule has 4 nitrogen and oxygen atoms in total. The molecule has 0 saturated carbocycles. The fourth-order valence-corrected chi connectivity index (χ4v) is 1.95. The Hall–Kier alpha value is -0.423. The minimum Gasteiger partial charge on any atom is -0.600 e. The van der Waals surface area contributed by atoms with E-state index in [2.05, 4.69) is 39.0 Å². The van der Waals surface area contributed by atoms with E-state index in [0.29, 0.717) is 11.5 Å². The lowest BCUT2D eigenvalue weighted by atomic mass is 10.2. The van der Waals surface area contributed by atoms with E-state index in [1.807, 2.05) is 6.92 Å². The second-order valence-electron chi connectivity index (χ2n) is 5.50. The van der Waals surface area contributed by atoms with E-state index in [-0.39, 0.29) is 11.1 Å². The topological polar surface area (TPSA) is 47.7 Å². The lowest BCUT2D eigenvalue weighted by Gasteiger charge is -2.36. The second kappa shape index (κ2) is 5.07. The van der Waals surface area contributed by atoms with Crippen molar-refractivity contribution in [3.8, 4) is 0 Å². The standard InChI is InChI=1S/C10H24N2O2Si/c1-9(11-12(5)13)8-14-15(6,7)10(2,3)4/h9H,8H2,1-7H3. The predicted octanol–water partition coefficient (Wildman–Crippen LogP) is 2.99. The fraction of sp³-hybridized carbons (Fsp3) is 1.00. The van der Waals surface area contributed by atoms with Crippen molar-refractivity contribution in [3.63, 3.8) is 0 Å². The molecule has 0 radical (unpaired) electrons. The van der Waals surface area contributed by atoms with Crippen LogP contribution in [-0.2, 0) is 4.43 Å². The zero-order chi connectivity index (χ0) is 12.3. The largest absolute Gasteiger partial charge is 0.600 e. The first-order valence-corrected chi connectivity index (χ1v) is 8.22. The van der Waals surface area contributed by atoms with Crippen LogP contribution in [0.25, 0.3) is 0 Å². The highest BCUT2D eigenvalue weighted by atomic mass is 28.4. The van der Waals surface area contributed by atoms with Gasteiger partial charge in [0, 0.05) is 0 Å². The Morgan fingerprint density at radius 3 is 2.20 bits per heavy atom. The molecule has 0 aromatic carbocycles. The maximum Gasteiger partial charge on any atom is 0.192 e. The van der Waals surface area contributed by atoms with E-state index < -0.39 is 8.32 Å². The first-order chi connectivity index (χ1) is 6.56. The molecule has 0 aliphatic carbocycles. The van der Waals surface area contributed by atoms with Gasteiger partial charge in [-0.1, -0.05) is 25.6 Å². The van der Waals surface area contributed by atoms with Crippen molar-refractivity contribution in [3.05, 3.63) is 5.21 Å². The smallest absolute Gasteiger partial charge is 0.192 e. The summed E-state index contributed by atoms with van der Waals surface area (Å²) in [6, 6.07) is -0.0679. The van der Waals surface area contributed by atoms with Crippen LogP contribution in [0.2, 0.25) is 18.1 Å². The van der Waals surface area contributed by atoms with Gasteiger partial charge in [-0.15, -0.1) is 0 Å². The van der Waals surface area contributed by atoms with Gasteiger partial charge in [-0.25, -0.2) is 0 Å². The summed E-state index contributed by atoms with van der Waals surface area (Å²) in [5.41, 5.74) is 0. The number of nitrogens with zero attached hydrogens (tertiary/aromatic N) is 2. The second-order valence-corrected chi connectivity index (χ2v) is 10.3. The number of azo groups is 1. The lowest BCUT2D eigenvalue weighted by molar-refractivity contribution is -0.502. The van der Waals surface area contributed by atoms with Gasteiger partial charge in [-0.2, -0.15) is 0 Å². The Bertz CT molecular complexity index is 230. The summed E-state index contributed by atoms with van der Waals surface area (Å²) < 4.78 is 5.94. The van der Waals surface area contributed by atoms with Crippen LogP contribution < -0.4 is 0 Å². The van der Waals surface area contributed by atoms with E-state index in [9.17, 15) is 5.21 Å². The maximum absolute atomic E-state index is 10.7. The van der Waals surface area contributed by atoms with E-state index in [1.54, 1.807) is 0 Å². The third-order valence-electron chi connectivity index (χ3n) is 2.85. The van der Waals surface area contributed by atoms with Crippen molar-refractivity contribution in [1.82, 2.24) is 0 Å². The molecule has 5 heteroatoms. The lowest BCUT2D eigenvalue weighted by Crippen LogP contribution is -2.42. The average molecular weight is 232 g/mol. The highest BCUT2D eigenvalue weighted by molar-refractivity contribution is 6.74. The van der Waals surface area contributed by atoms with E-state index in [4.69, 9.17) is 4.43 Å². The van der Waals surface area contributed by atoms with Gasteiger partial charge in [0.15, 0.2) is 15.4 Å². The van der Waals surface area contributed by atoms with E-state index in [1.165, 1.54) is 7.05 Å². The molecule has 0 fully saturated rings. The van der Waals surface area contributed by atoms with Crippen LogP contribution in [0, 0.1) is 5.21 Å². The molecular formula is C10H24N2O2Si. The van der Waals surface area contributed by atoms with Crippen LogP contribution in [-0.4, -0.2) is 32.9 Å². The molecule has 1 unspecified atom stereocenters. The molecule has 1 atom stereocenters. The summed E-state index contributed by atoms with van der Waals surface area (Å²) in [7, 11) is -0.308. The molecule has 15 heavy (non-hydrogen) atoms. The third kappa shape index (κ3) is 5.27. The SMILES string of the molecule is CC(CO[Si](C)(C)C(C)(C)C)N=[N+](C)[O-]. The Morgan fingerprint density at radius 1 is 1.40 bits per heavy atom. The summed E-state index contributed by atoms with van der Waals surface area (Å²) >= 11 is 0. The molecule has 0 heterocycles. The first-order valence-electron chi connectivity index (χ1n) is 5.32. The predicted molar refractivity (Wildman–Crippen MR) is 64.6 cm³/mol. The van der Waals surface area contributed by atoms with Gasteiger partial charge in [0.1, 0.15) is 6.04 Å². The van der Waals surface area contributed by atoms with Crippen LogP contribution in [0.15, 0.2) is 5.11 Å². The minimum absolute atomic E-state index is 0.0679. The summed E-state index contributed by atoms with van der Waals surface area (Å²) in [5.74, 6) is 0. The summed E-state index contributed by atoms with van der Waals surface area (Å²) in [6.07, 6.45) is 0. The highest BCUT2D eigenvalue weighted by Crippen LogP contribution is 2.36. The Labute approximate surface area is 94.0 Å². The van der Waals surface area contributed by atoms with Crippen LogP contribution in [0.4, 0.5) is 0 Å². The number of hydroxylamine groups is 1. The van der Waals surface area contributed by atoms with Gasteiger partial charge in [-0.05, 0) is 30.2 Å². The molecule has 90 valence electrons. The third-order valence-corrected chi connectivity index (χ3v) is 7.35. The zero-order valence-corrected chi connectivity index (χ0v) is 12.0. The van der Waals surface area contributed by atoms with Crippen molar-refractivity contribution >= 4 is 8.32 Å². The molecular weight excluding hydrogens is 208 g/mol. The molecule has 0 saturated heterocycles. The quantitative estimate of drug-likeness (QED) is 0.324. The average Bonchev–Trinajstić information content (AvgIpc) is 1.97. The molecule has 0 aliphatic rings. The minimum atomic E-state index is -1.70. The maximum atomic E-state index is 10.7. The van der Waals surface area contributed by atoms with Gasteiger partial charge in [-0.3, -0.25) is 0 Å². The van der Waals surface area contributed by atoms with Crippen molar-refractivity contribution in [2.75, 3.05) is 13.7 Å². The molecule has 0 aromatic rings. The number of hydrogen-bond donors (Lipinski definition) is 0. The van der Waals surface area contributed by atoms with Crippen molar-refractivity contribution in [1.29, 1.82) is 0 Å². The van der Waals surface area contributed by atoms with Crippen molar-refractivity contribution in [2.45, 2.75) is 51.9 Å². The van der Waals surface area contributed by atoms with Crippen LogP contribution in [0.1, 0.15) is 27.7 Å². The zero-order valence-electron chi connectivity index (χ0n) is 11.0. The molecule has 0 rings (SSSR count). The Kier molecular flexibility index (Phi) is 4.93.